The summed E-state index contributed by atoms with van der Waals surface area (Å²) in [4.78, 5) is -0.274. The minimum Gasteiger partial charge on any atom is -0.225 e. The summed E-state index contributed by atoms with van der Waals surface area (Å²) in [6, 6.07) is 4.91. The zero-order valence-corrected chi connectivity index (χ0v) is 8.97. The van der Waals surface area contributed by atoms with Crippen molar-refractivity contribution in [3.63, 3.8) is 0 Å². The summed E-state index contributed by atoms with van der Waals surface area (Å²) >= 11 is 0. The first kappa shape index (κ1) is 11.2. The molecule has 7 heteroatoms. The highest BCUT2D eigenvalue weighted by Crippen LogP contribution is 2.13. The maximum Gasteiger partial charge on any atom is 0.238 e. The van der Waals surface area contributed by atoms with Crippen LogP contribution < -0.4 is 5.14 Å². The van der Waals surface area contributed by atoms with Crippen LogP contribution in [0.4, 0.5) is 0 Å². The summed E-state index contributed by atoms with van der Waals surface area (Å²) in [6.45, 7) is 0. The fraction of sp³-hybridized carbons (Fsp3) is 0.143. The lowest BCUT2D eigenvalue weighted by Crippen LogP contribution is -2.12. The van der Waals surface area contributed by atoms with Crippen molar-refractivity contribution in [2.75, 3.05) is 6.26 Å². The average Bonchev–Trinajstić information content (AvgIpc) is 2.01. The van der Waals surface area contributed by atoms with Crippen LogP contribution in [0.25, 0.3) is 0 Å². The first-order valence-electron chi connectivity index (χ1n) is 3.54. The van der Waals surface area contributed by atoms with E-state index in [0.717, 1.165) is 12.3 Å². The molecule has 0 aliphatic carbocycles. The normalized spacial score (nSPS) is 12.7. The molecule has 0 saturated carbocycles. The van der Waals surface area contributed by atoms with E-state index in [4.69, 9.17) is 5.14 Å². The van der Waals surface area contributed by atoms with E-state index >= 15 is 0 Å². The fourth-order valence-corrected chi connectivity index (χ4v) is 2.18. The van der Waals surface area contributed by atoms with Crippen molar-refractivity contribution < 1.29 is 16.8 Å². The van der Waals surface area contributed by atoms with Gasteiger partial charge in [-0.25, -0.2) is 22.0 Å². The van der Waals surface area contributed by atoms with Gasteiger partial charge in [-0.05, 0) is 18.2 Å². The first-order chi connectivity index (χ1) is 6.21. The Labute approximate surface area is 82.5 Å². The molecular weight excluding hydrogens is 226 g/mol. The van der Waals surface area contributed by atoms with Gasteiger partial charge in [-0.3, -0.25) is 0 Å². The minimum absolute atomic E-state index is 0.0657. The third kappa shape index (κ3) is 2.53. The Morgan fingerprint density at radius 1 is 1.07 bits per heavy atom. The van der Waals surface area contributed by atoms with Crippen LogP contribution in [0, 0.1) is 0 Å². The van der Waals surface area contributed by atoms with Crippen molar-refractivity contribution in [3.05, 3.63) is 24.3 Å². The quantitative estimate of drug-likeness (QED) is 0.764. The van der Waals surface area contributed by atoms with Crippen LogP contribution in [0.3, 0.4) is 0 Å². The van der Waals surface area contributed by atoms with Gasteiger partial charge in [0.2, 0.25) is 10.0 Å². The Hall–Kier alpha value is -0.920. The molecule has 0 unspecified atom stereocenters. The third-order valence-corrected chi connectivity index (χ3v) is 3.58. The highest BCUT2D eigenvalue weighted by Gasteiger charge is 2.12. The summed E-state index contributed by atoms with van der Waals surface area (Å²) in [5.41, 5.74) is 0. The van der Waals surface area contributed by atoms with Gasteiger partial charge < -0.3 is 0 Å². The summed E-state index contributed by atoms with van der Waals surface area (Å²) in [6.07, 6.45) is 0.995. The summed E-state index contributed by atoms with van der Waals surface area (Å²) < 4.78 is 43.9. The van der Waals surface area contributed by atoms with Crippen molar-refractivity contribution in [1.82, 2.24) is 0 Å². The predicted molar refractivity (Wildman–Crippen MR) is 50.9 cm³/mol. The van der Waals surface area contributed by atoms with Gasteiger partial charge in [0, 0.05) is 6.26 Å². The Kier molecular flexibility index (Phi) is 2.66. The number of hydrogen-bond acceptors (Lipinski definition) is 4. The lowest BCUT2D eigenvalue weighted by molar-refractivity contribution is 0.597. The number of benzene rings is 1. The number of rotatable bonds is 2. The molecule has 0 spiro atoms. The highest BCUT2D eigenvalue weighted by molar-refractivity contribution is 7.91. The van der Waals surface area contributed by atoms with Gasteiger partial charge in [0.25, 0.3) is 0 Å². The lowest BCUT2D eigenvalue weighted by Gasteiger charge is -2.00. The van der Waals surface area contributed by atoms with E-state index < -0.39 is 19.9 Å². The lowest BCUT2D eigenvalue weighted by atomic mass is 10.4. The maximum absolute atomic E-state index is 11.1. The largest absolute Gasteiger partial charge is 0.238 e. The molecule has 0 heterocycles. The molecule has 0 bridgehead atoms. The van der Waals surface area contributed by atoms with Gasteiger partial charge in [-0.2, -0.15) is 0 Å². The predicted octanol–water partition coefficient (Wildman–Crippen LogP) is -0.262. The molecule has 0 aliphatic rings. The van der Waals surface area contributed by atoms with Crippen molar-refractivity contribution in [1.29, 1.82) is 0 Å². The summed E-state index contributed by atoms with van der Waals surface area (Å²) in [7, 11) is -7.26. The average molecular weight is 235 g/mol. The second-order valence-corrected chi connectivity index (χ2v) is 6.37. The molecule has 78 valence electrons. The number of primary sulfonamides is 1. The van der Waals surface area contributed by atoms with Crippen LogP contribution in [-0.4, -0.2) is 23.1 Å². The molecule has 0 radical (unpaired) electrons. The molecule has 0 aromatic heterocycles. The number of sulfone groups is 1. The molecule has 1 rings (SSSR count). The summed E-state index contributed by atoms with van der Waals surface area (Å²) in [5.74, 6) is 0. The van der Waals surface area contributed by atoms with E-state index in [9.17, 15) is 16.8 Å². The van der Waals surface area contributed by atoms with Crippen molar-refractivity contribution in [3.8, 4) is 0 Å². The molecule has 0 amide bonds. The number of sulfonamides is 1. The molecule has 0 aliphatic heterocycles. The van der Waals surface area contributed by atoms with Crippen LogP contribution in [0.2, 0.25) is 0 Å². The Balaban J connectivity index is 3.44. The Morgan fingerprint density at radius 2 is 1.57 bits per heavy atom. The Morgan fingerprint density at radius 3 is 2.00 bits per heavy atom. The SMILES string of the molecule is CS(=O)(=O)c1cccc(S(N)(=O)=O)c1. The van der Waals surface area contributed by atoms with Gasteiger partial charge in [-0.1, -0.05) is 6.07 Å². The zero-order chi connectivity index (χ0) is 11.0. The molecule has 0 atom stereocenters. The van der Waals surface area contributed by atoms with E-state index in [1.807, 2.05) is 0 Å². The van der Waals surface area contributed by atoms with Crippen LogP contribution in [0.1, 0.15) is 0 Å². The maximum atomic E-state index is 11.1. The molecular formula is C7H9NO4S2. The molecule has 5 nitrogen and oxygen atoms in total. The van der Waals surface area contributed by atoms with Crippen LogP contribution >= 0.6 is 0 Å². The molecule has 0 saturated heterocycles. The topological polar surface area (TPSA) is 94.3 Å². The number of nitrogens with two attached hydrogens (primary N) is 1. The number of hydrogen-bond donors (Lipinski definition) is 1. The van der Waals surface area contributed by atoms with Gasteiger partial charge >= 0.3 is 0 Å². The third-order valence-electron chi connectivity index (χ3n) is 1.56. The second-order valence-electron chi connectivity index (χ2n) is 2.79. The van der Waals surface area contributed by atoms with Crippen LogP contribution in [0.15, 0.2) is 34.1 Å². The van der Waals surface area contributed by atoms with Crippen molar-refractivity contribution in [2.45, 2.75) is 9.79 Å². The molecule has 14 heavy (non-hydrogen) atoms. The first-order valence-corrected chi connectivity index (χ1v) is 6.98. The van der Waals surface area contributed by atoms with Crippen molar-refractivity contribution >= 4 is 19.9 Å². The smallest absolute Gasteiger partial charge is 0.225 e. The van der Waals surface area contributed by atoms with Gasteiger partial charge in [0.15, 0.2) is 9.84 Å². The van der Waals surface area contributed by atoms with E-state index in [2.05, 4.69) is 0 Å². The van der Waals surface area contributed by atoms with Gasteiger partial charge in [-0.15, -0.1) is 0 Å². The molecule has 1 aromatic rings. The molecule has 1 aromatic carbocycles. The van der Waals surface area contributed by atoms with E-state index in [1.165, 1.54) is 18.2 Å². The van der Waals surface area contributed by atoms with Gasteiger partial charge in [0.1, 0.15) is 0 Å². The second kappa shape index (κ2) is 3.34. The van der Waals surface area contributed by atoms with Gasteiger partial charge in [0.05, 0.1) is 9.79 Å². The molecule has 2 N–H and O–H groups in total. The van der Waals surface area contributed by atoms with E-state index in [-0.39, 0.29) is 9.79 Å². The Bertz CT molecular complexity index is 498. The fourth-order valence-electron chi connectivity index (χ4n) is 0.882. The molecule has 0 fully saturated rings. The van der Waals surface area contributed by atoms with Crippen LogP contribution in [-0.2, 0) is 19.9 Å². The standard InChI is InChI=1S/C7H9NO4S2/c1-13(9,10)6-3-2-4-7(5-6)14(8,11)12/h2-5H,1H3,(H2,8,11,12). The van der Waals surface area contributed by atoms with E-state index in [0.29, 0.717) is 0 Å². The van der Waals surface area contributed by atoms with E-state index in [1.54, 1.807) is 0 Å². The highest BCUT2D eigenvalue weighted by atomic mass is 32.2. The monoisotopic (exact) mass is 235 g/mol. The van der Waals surface area contributed by atoms with Crippen LogP contribution in [0.5, 0.6) is 0 Å². The minimum atomic E-state index is -3.85. The van der Waals surface area contributed by atoms with Crippen molar-refractivity contribution in [2.24, 2.45) is 5.14 Å². The zero-order valence-electron chi connectivity index (χ0n) is 7.34. The summed E-state index contributed by atoms with van der Waals surface area (Å²) in [5, 5.41) is 4.85.